The van der Waals surface area contributed by atoms with Crippen LogP contribution < -0.4 is 5.73 Å². The third-order valence-electron chi connectivity index (χ3n) is 2.43. The molecule has 3 heteroatoms. The maximum absolute atomic E-state index is 10.9. The van der Waals surface area contributed by atoms with Gasteiger partial charge in [0.1, 0.15) is 0 Å². The first kappa shape index (κ1) is 8.53. The van der Waals surface area contributed by atoms with E-state index in [-0.39, 0.29) is 11.3 Å². The van der Waals surface area contributed by atoms with Crippen LogP contribution in [0.4, 0.5) is 0 Å². The van der Waals surface area contributed by atoms with Gasteiger partial charge in [-0.25, -0.2) is 0 Å². The number of primary amides is 1. The van der Waals surface area contributed by atoms with Crippen molar-refractivity contribution in [3.8, 4) is 0 Å². The Morgan fingerprint density at radius 3 is 2.27 bits per heavy atom. The highest BCUT2D eigenvalue weighted by Gasteiger charge is 2.44. The van der Waals surface area contributed by atoms with Crippen LogP contribution in [0.5, 0.6) is 0 Å². The van der Waals surface area contributed by atoms with E-state index in [1.165, 1.54) is 0 Å². The molecule has 0 saturated carbocycles. The molecule has 1 rings (SSSR count). The normalized spacial score (nSPS) is 23.3. The molecule has 64 valence electrons. The lowest BCUT2D eigenvalue weighted by Crippen LogP contribution is -2.62. The molecule has 0 aromatic heterocycles. The van der Waals surface area contributed by atoms with E-state index in [2.05, 4.69) is 18.7 Å². The Hall–Kier alpha value is -0.570. The number of likely N-dealkylation sites (tertiary alicyclic amines) is 1. The predicted molar refractivity (Wildman–Crippen MR) is 44.0 cm³/mol. The molecule has 1 fully saturated rings. The summed E-state index contributed by atoms with van der Waals surface area (Å²) in [5.41, 5.74) is 4.97. The van der Waals surface area contributed by atoms with Crippen LogP contribution in [0.15, 0.2) is 0 Å². The Kier molecular flexibility index (Phi) is 1.92. The zero-order chi connectivity index (χ0) is 8.65. The van der Waals surface area contributed by atoms with Crippen molar-refractivity contribution in [2.24, 2.45) is 11.1 Å². The number of amides is 1. The number of carbonyl (C=O) groups is 1. The van der Waals surface area contributed by atoms with Gasteiger partial charge < -0.3 is 5.73 Å². The van der Waals surface area contributed by atoms with E-state index in [9.17, 15) is 4.79 Å². The van der Waals surface area contributed by atoms with Crippen LogP contribution in [0.1, 0.15) is 20.8 Å². The molecule has 0 aliphatic carbocycles. The van der Waals surface area contributed by atoms with Gasteiger partial charge in [-0.05, 0) is 20.8 Å². The highest BCUT2D eigenvalue weighted by molar-refractivity contribution is 5.82. The van der Waals surface area contributed by atoms with Crippen LogP contribution in [0.2, 0.25) is 0 Å². The summed E-state index contributed by atoms with van der Waals surface area (Å²) in [6, 6.07) is 0.530. The molecule has 1 aliphatic heterocycles. The lowest BCUT2D eigenvalue weighted by atomic mass is 9.80. The summed E-state index contributed by atoms with van der Waals surface area (Å²) in [5, 5.41) is 0. The predicted octanol–water partition coefficient (Wildman–Crippen LogP) is 0.202. The van der Waals surface area contributed by atoms with E-state index in [1.807, 2.05) is 6.92 Å². The highest BCUT2D eigenvalue weighted by Crippen LogP contribution is 2.30. The number of carbonyl (C=O) groups excluding carboxylic acids is 1. The quantitative estimate of drug-likeness (QED) is 0.621. The van der Waals surface area contributed by atoms with E-state index >= 15 is 0 Å². The van der Waals surface area contributed by atoms with Crippen molar-refractivity contribution in [2.75, 3.05) is 13.1 Å². The molecule has 1 aliphatic rings. The van der Waals surface area contributed by atoms with E-state index in [0.29, 0.717) is 6.04 Å². The fourth-order valence-electron chi connectivity index (χ4n) is 1.37. The molecule has 2 N–H and O–H groups in total. The number of hydrogen-bond acceptors (Lipinski definition) is 2. The molecule has 0 spiro atoms. The standard InChI is InChI=1S/C8H16N2O/c1-6(2)10-4-8(3,5-10)7(9)11/h6H,4-5H2,1-3H3,(H2,9,11). The van der Waals surface area contributed by atoms with Crippen molar-refractivity contribution in [3.05, 3.63) is 0 Å². The zero-order valence-electron chi connectivity index (χ0n) is 7.42. The smallest absolute Gasteiger partial charge is 0.225 e. The fourth-order valence-corrected chi connectivity index (χ4v) is 1.37. The average molecular weight is 156 g/mol. The third-order valence-corrected chi connectivity index (χ3v) is 2.43. The fraction of sp³-hybridized carbons (Fsp3) is 0.875. The van der Waals surface area contributed by atoms with E-state index in [0.717, 1.165) is 13.1 Å². The van der Waals surface area contributed by atoms with Crippen molar-refractivity contribution in [1.82, 2.24) is 4.90 Å². The van der Waals surface area contributed by atoms with Crippen LogP contribution in [0, 0.1) is 5.41 Å². The molecule has 1 amide bonds. The molecule has 0 aromatic carbocycles. The molecule has 0 bridgehead atoms. The SMILES string of the molecule is CC(C)N1CC(C)(C(N)=O)C1. The third kappa shape index (κ3) is 1.38. The molecule has 1 heterocycles. The van der Waals surface area contributed by atoms with Gasteiger partial charge in [0.15, 0.2) is 0 Å². The lowest BCUT2D eigenvalue weighted by molar-refractivity contribution is -0.137. The zero-order valence-corrected chi connectivity index (χ0v) is 7.42. The van der Waals surface area contributed by atoms with E-state index < -0.39 is 0 Å². The summed E-state index contributed by atoms with van der Waals surface area (Å²) in [6.45, 7) is 7.81. The second kappa shape index (κ2) is 2.48. The first-order chi connectivity index (χ1) is 4.96. The maximum atomic E-state index is 10.9. The van der Waals surface area contributed by atoms with Gasteiger partial charge in [-0.2, -0.15) is 0 Å². The van der Waals surface area contributed by atoms with Gasteiger partial charge in [0.2, 0.25) is 5.91 Å². The van der Waals surface area contributed by atoms with Gasteiger partial charge in [-0.1, -0.05) is 0 Å². The molecule has 3 nitrogen and oxygen atoms in total. The van der Waals surface area contributed by atoms with Crippen LogP contribution in [-0.4, -0.2) is 29.9 Å². The largest absolute Gasteiger partial charge is 0.369 e. The van der Waals surface area contributed by atoms with Crippen molar-refractivity contribution < 1.29 is 4.79 Å². The van der Waals surface area contributed by atoms with Crippen LogP contribution in [-0.2, 0) is 4.79 Å². The Balaban J connectivity index is 2.44. The van der Waals surface area contributed by atoms with Gasteiger partial charge >= 0.3 is 0 Å². The van der Waals surface area contributed by atoms with Crippen molar-refractivity contribution in [2.45, 2.75) is 26.8 Å². The topological polar surface area (TPSA) is 46.3 Å². The van der Waals surface area contributed by atoms with Gasteiger partial charge in [0.25, 0.3) is 0 Å². The second-order valence-electron chi connectivity index (χ2n) is 3.92. The summed E-state index contributed by atoms with van der Waals surface area (Å²) in [7, 11) is 0. The molecule has 0 radical (unpaired) electrons. The summed E-state index contributed by atoms with van der Waals surface area (Å²) in [4.78, 5) is 13.1. The van der Waals surface area contributed by atoms with E-state index in [1.54, 1.807) is 0 Å². The molecular formula is C8H16N2O. The summed E-state index contributed by atoms with van der Waals surface area (Å²) in [5.74, 6) is -0.172. The average Bonchev–Trinajstić information content (AvgIpc) is 1.79. The summed E-state index contributed by atoms with van der Waals surface area (Å²) in [6.07, 6.45) is 0. The molecule has 1 saturated heterocycles. The lowest BCUT2D eigenvalue weighted by Gasteiger charge is -2.48. The number of hydrogen-bond donors (Lipinski definition) is 1. The Labute approximate surface area is 67.5 Å². The molecule has 0 atom stereocenters. The highest BCUT2D eigenvalue weighted by atomic mass is 16.1. The van der Waals surface area contributed by atoms with Crippen LogP contribution >= 0.6 is 0 Å². The first-order valence-electron chi connectivity index (χ1n) is 4.00. The minimum atomic E-state index is -0.260. The van der Waals surface area contributed by atoms with Crippen molar-refractivity contribution >= 4 is 5.91 Å². The molecule has 11 heavy (non-hydrogen) atoms. The van der Waals surface area contributed by atoms with Gasteiger partial charge in [0.05, 0.1) is 5.41 Å². The number of rotatable bonds is 2. The number of nitrogens with zero attached hydrogens (tertiary/aromatic N) is 1. The van der Waals surface area contributed by atoms with Crippen molar-refractivity contribution in [1.29, 1.82) is 0 Å². The minimum absolute atomic E-state index is 0.172. The monoisotopic (exact) mass is 156 g/mol. The van der Waals surface area contributed by atoms with Crippen molar-refractivity contribution in [3.63, 3.8) is 0 Å². The van der Waals surface area contributed by atoms with Crippen LogP contribution in [0.25, 0.3) is 0 Å². The molecule has 0 unspecified atom stereocenters. The molecular weight excluding hydrogens is 140 g/mol. The van der Waals surface area contributed by atoms with Gasteiger partial charge in [-0.3, -0.25) is 9.69 Å². The summed E-state index contributed by atoms with van der Waals surface area (Å²) >= 11 is 0. The summed E-state index contributed by atoms with van der Waals surface area (Å²) < 4.78 is 0. The Bertz CT molecular complexity index is 171. The van der Waals surface area contributed by atoms with E-state index in [4.69, 9.17) is 5.73 Å². The van der Waals surface area contributed by atoms with Crippen LogP contribution in [0.3, 0.4) is 0 Å². The van der Waals surface area contributed by atoms with Gasteiger partial charge in [-0.15, -0.1) is 0 Å². The molecule has 0 aromatic rings. The Morgan fingerprint density at radius 2 is 2.00 bits per heavy atom. The maximum Gasteiger partial charge on any atom is 0.225 e. The number of nitrogens with two attached hydrogens (primary N) is 1. The minimum Gasteiger partial charge on any atom is -0.369 e. The first-order valence-corrected chi connectivity index (χ1v) is 4.00. The Morgan fingerprint density at radius 1 is 1.55 bits per heavy atom. The van der Waals surface area contributed by atoms with Gasteiger partial charge in [0, 0.05) is 19.1 Å². The second-order valence-corrected chi connectivity index (χ2v) is 3.92.